The fourth-order valence-corrected chi connectivity index (χ4v) is 6.54. The minimum Gasteiger partial charge on any atom is -0.380 e. The second-order valence-electron chi connectivity index (χ2n) is 9.78. The first kappa shape index (κ1) is 20.5. The number of rotatable bonds is 5. The summed E-state index contributed by atoms with van der Waals surface area (Å²) in [6.45, 7) is 5.10. The SMILES string of the molecule is CC(C)NC(=O)c1cc2ccc(N3CC4CCC3C(Nc3ccc5[nH]ncc5c3)C4)cc2s1. The number of carbonyl (C=O) groups is 1. The van der Waals surface area contributed by atoms with Crippen molar-refractivity contribution in [1.82, 2.24) is 15.5 Å². The average molecular weight is 460 g/mol. The quantitative estimate of drug-likeness (QED) is 0.374. The predicted molar refractivity (Wildman–Crippen MR) is 136 cm³/mol. The Hall–Kier alpha value is -3.06. The van der Waals surface area contributed by atoms with Gasteiger partial charge in [-0.15, -0.1) is 11.3 Å². The predicted octanol–water partition coefficient (Wildman–Crippen LogP) is 5.39. The van der Waals surface area contributed by atoms with E-state index in [0.717, 1.165) is 33.4 Å². The Morgan fingerprint density at radius 3 is 2.91 bits per heavy atom. The van der Waals surface area contributed by atoms with Crippen molar-refractivity contribution in [2.75, 3.05) is 16.8 Å². The van der Waals surface area contributed by atoms with Gasteiger partial charge in [0.05, 0.1) is 16.6 Å². The Kier molecular flexibility index (Phi) is 5.02. The Labute approximate surface area is 197 Å². The van der Waals surface area contributed by atoms with Crippen molar-refractivity contribution in [3.63, 3.8) is 0 Å². The van der Waals surface area contributed by atoms with Crippen molar-refractivity contribution in [2.24, 2.45) is 5.92 Å². The second-order valence-corrected chi connectivity index (χ2v) is 10.9. The van der Waals surface area contributed by atoms with Gasteiger partial charge in [0.25, 0.3) is 5.91 Å². The highest BCUT2D eigenvalue weighted by atomic mass is 32.1. The van der Waals surface area contributed by atoms with E-state index in [1.165, 1.54) is 29.6 Å². The summed E-state index contributed by atoms with van der Waals surface area (Å²) in [4.78, 5) is 15.8. The second kappa shape index (κ2) is 8.06. The average Bonchev–Trinajstić information content (AvgIpc) is 3.45. The van der Waals surface area contributed by atoms with Crippen LogP contribution < -0.4 is 15.5 Å². The van der Waals surface area contributed by atoms with E-state index in [0.29, 0.717) is 18.0 Å². The van der Waals surface area contributed by atoms with Gasteiger partial charge in [-0.25, -0.2) is 0 Å². The maximum absolute atomic E-state index is 12.5. The van der Waals surface area contributed by atoms with E-state index in [9.17, 15) is 4.79 Å². The number of benzene rings is 2. The molecule has 1 aliphatic carbocycles. The summed E-state index contributed by atoms with van der Waals surface area (Å²) in [5.74, 6) is 0.722. The fourth-order valence-electron chi connectivity index (χ4n) is 5.54. The molecular formula is C26H29N5OS. The molecule has 170 valence electrons. The number of nitrogens with one attached hydrogen (secondary N) is 3. The van der Waals surface area contributed by atoms with Gasteiger partial charge in [-0.1, -0.05) is 6.07 Å². The number of piperidine rings is 2. The molecule has 3 aliphatic rings. The van der Waals surface area contributed by atoms with E-state index in [1.54, 1.807) is 11.3 Å². The van der Waals surface area contributed by atoms with Gasteiger partial charge < -0.3 is 15.5 Å². The summed E-state index contributed by atoms with van der Waals surface area (Å²) in [6.07, 6.45) is 5.61. The molecule has 6 nitrogen and oxygen atoms in total. The number of hydrogen-bond acceptors (Lipinski definition) is 5. The van der Waals surface area contributed by atoms with Crippen molar-refractivity contribution in [3.8, 4) is 0 Å². The highest BCUT2D eigenvalue weighted by Crippen LogP contribution is 2.41. The summed E-state index contributed by atoms with van der Waals surface area (Å²) in [7, 11) is 0. The zero-order valence-electron chi connectivity index (χ0n) is 19.0. The number of thiophene rings is 1. The third-order valence-corrected chi connectivity index (χ3v) is 8.15. The Morgan fingerprint density at radius 1 is 1.15 bits per heavy atom. The van der Waals surface area contributed by atoms with E-state index in [1.807, 2.05) is 26.1 Å². The third kappa shape index (κ3) is 3.84. The van der Waals surface area contributed by atoms with Crippen LogP contribution in [0.2, 0.25) is 0 Å². The van der Waals surface area contributed by atoms with E-state index in [4.69, 9.17) is 0 Å². The molecular weight excluding hydrogens is 430 g/mol. The molecule has 0 radical (unpaired) electrons. The van der Waals surface area contributed by atoms with Crippen LogP contribution in [0, 0.1) is 5.92 Å². The maximum atomic E-state index is 12.5. The Bertz CT molecular complexity index is 1320. The molecule has 7 rings (SSSR count). The van der Waals surface area contributed by atoms with Gasteiger partial charge in [-0.05, 0) is 80.8 Å². The molecule has 4 aromatic rings. The number of carbonyl (C=O) groups excluding carboxylic acids is 1. The van der Waals surface area contributed by atoms with E-state index < -0.39 is 0 Å². The molecule has 2 aromatic carbocycles. The van der Waals surface area contributed by atoms with Crippen LogP contribution in [-0.2, 0) is 0 Å². The van der Waals surface area contributed by atoms with Crippen molar-refractivity contribution in [1.29, 1.82) is 0 Å². The maximum Gasteiger partial charge on any atom is 0.261 e. The number of fused-ring (bicyclic) bond motifs is 5. The van der Waals surface area contributed by atoms with Crippen LogP contribution in [0.15, 0.2) is 48.7 Å². The zero-order valence-corrected chi connectivity index (χ0v) is 19.8. The van der Waals surface area contributed by atoms with Crippen LogP contribution >= 0.6 is 11.3 Å². The van der Waals surface area contributed by atoms with Gasteiger partial charge in [0, 0.05) is 46.1 Å². The molecule has 3 unspecified atom stereocenters. The van der Waals surface area contributed by atoms with Gasteiger partial charge in [0.2, 0.25) is 0 Å². The summed E-state index contributed by atoms with van der Waals surface area (Å²) >= 11 is 1.59. The van der Waals surface area contributed by atoms with Crippen molar-refractivity contribution in [2.45, 2.75) is 51.2 Å². The summed E-state index contributed by atoms with van der Waals surface area (Å²) in [5, 5.41) is 16.3. The molecule has 2 aliphatic heterocycles. The molecule has 4 heterocycles. The van der Waals surface area contributed by atoms with Crippen LogP contribution in [0.1, 0.15) is 42.8 Å². The lowest BCUT2D eigenvalue weighted by Gasteiger charge is -2.51. The fraction of sp³-hybridized carbons (Fsp3) is 0.385. The highest BCUT2D eigenvalue weighted by molar-refractivity contribution is 7.20. The summed E-state index contributed by atoms with van der Waals surface area (Å²) in [5.41, 5.74) is 3.50. The van der Waals surface area contributed by atoms with Gasteiger partial charge in [-0.3, -0.25) is 9.89 Å². The van der Waals surface area contributed by atoms with Crippen LogP contribution in [0.3, 0.4) is 0 Å². The first-order valence-electron chi connectivity index (χ1n) is 11.8. The number of nitrogens with zero attached hydrogens (tertiary/aromatic N) is 2. The number of amides is 1. The van der Waals surface area contributed by atoms with Gasteiger partial charge in [-0.2, -0.15) is 5.10 Å². The summed E-state index contributed by atoms with van der Waals surface area (Å²) in [6, 6.07) is 16.2. The Balaban J connectivity index is 1.25. The lowest BCUT2D eigenvalue weighted by molar-refractivity contribution is 0.0947. The molecule has 33 heavy (non-hydrogen) atoms. The molecule has 2 aromatic heterocycles. The number of aromatic nitrogens is 2. The normalized spacial score (nSPS) is 22.4. The monoisotopic (exact) mass is 459 g/mol. The molecule has 7 heteroatoms. The molecule has 1 saturated carbocycles. The van der Waals surface area contributed by atoms with E-state index in [-0.39, 0.29) is 11.9 Å². The van der Waals surface area contributed by atoms with Crippen LogP contribution in [0.25, 0.3) is 21.0 Å². The number of hydrogen-bond donors (Lipinski definition) is 3. The third-order valence-electron chi connectivity index (χ3n) is 7.05. The molecule has 3 fully saturated rings. The minimum absolute atomic E-state index is 0.0173. The largest absolute Gasteiger partial charge is 0.380 e. The lowest BCUT2D eigenvalue weighted by Crippen LogP contribution is -2.58. The number of anilines is 2. The van der Waals surface area contributed by atoms with Crippen molar-refractivity contribution < 1.29 is 4.79 Å². The highest BCUT2D eigenvalue weighted by Gasteiger charge is 2.41. The topological polar surface area (TPSA) is 73.1 Å². The van der Waals surface area contributed by atoms with Crippen LogP contribution in [-0.4, -0.2) is 40.8 Å². The number of aromatic amines is 1. The molecule has 2 bridgehead atoms. The molecule has 3 N–H and O–H groups in total. The van der Waals surface area contributed by atoms with Gasteiger partial charge >= 0.3 is 0 Å². The molecule has 0 spiro atoms. The number of H-pyrrole nitrogens is 1. The first-order chi connectivity index (χ1) is 16.0. The van der Waals surface area contributed by atoms with Crippen LogP contribution in [0.4, 0.5) is 11.4 Å². The zero-order chi connectivity index (χ0) is 22.5. The molecule has 3 atom stereocenters. The van der Waals surface area contributed by atoms with Crippen molar-refractivity contribution >= 4 is 49.6 Å². The summed E-state index contributed by atoms with van der Waals surface area (Å²) < 4.78 is 1.18. The van der Waals surface area contributed by atoms with E-state index >= 15 is 0 Å². The van der Waals surface area contributed by atoms with Gasteiger partial charge in [0.1, 0.15) is 0 Å². The molecule has 1 amide bonds. The Morgan fingerprint density at radius 2 is 2.06 bits per heavy atom. The standard InChI is InChI=1S/C26H29N5OS/c1-15(2)28-26(32)25-11-17-4-6-20(12-24(17)33-25)31-14-16-3-8-23(31)22(9-16)29-19-5-7-21-18(10-19)13-27-30-21/h4-7,10-13,15-16,22-23,29H,3,8-9,14H2,1-2H3,(H,27,30)(H,28,32). The van der Waals surface area contributed by atoms with Crippen molar-refractivity contribution in [3.05, 3.63) is 53.5 Å². The first-order valence-corrected chi connectivity index (χ1v) is 12.7. The minimum atomic E-state index is 0.0173. The molecule has 2 saturated heterocycles. The van der Waals surface area contributed by atoms with Gasteiger partial charge in [0.15, 0.2) is 0 Å². The van der Waals surface area contributed by atoms with E-state index in [2.05, 4.69) is 62.1 Å². The smallest absolute Gasteiger partial charge is 0.261 e. The lowest BCUT2D eigenvalue weighted by atomic mass is 9.76. The van der Waals surface area contributed by atoms with Crippen LogP contribution in [0.5, 0.6) is 0 Å².